The number of aliphatic hydroxyl groups is 1. The second-order valence-corrected chi connectivity index (χ2v) is 5.25. The van der Waals surface area contributed by atoms with Gasteiger partial charge in [-0.05, 0) is 31.4 Å². The molecule has 4 N–H and O–H groups in total. The molecule has 0 aliphatic carbocycles. The van der Waals surface area contributed by atoms with Gasteiger partial charge in [0.1, 0.15) is 5.75 Å². The number of methoxy groups -OCH3 is 1. The van der Waals surface area contributed by atoms with Crippen molar-refractivity contribution in [3.8, 4) is 5.75 Å². The molecule has 0 radical (unpaired) electrons. The second kappa shape index (κ2) is 7.25. The van der Waals surface area contributed by atoms with Crippen molar-refractivity contribution in [3.05, 3.63) is 23.8 Å². The summed E-state index contributed by atoms with van der Waals surface area (Å²) in [6.45, 7) is 1.88. The maximum absolute atomic E-state index is 12.0. The summed E-state index contributed by atoms with van der Waals surface area (Å²) >= 11 is 1.51. The molecule has 0 aliphatic rings. The zero-order chi connectivity index (χ0) is 14.4. The Kier molecular flexibility index (Phi) is 5.98. The molecule has 0 aromatic heterocycles. The summed E-state index contributed by atoms with van der Waals surface area (Å²) in [7, 11) is 1.53. The summed E-state index contributed by atoms with van der Waals surface area (Å²) in [6, 6.07) is 4.77. The lowest BCUT2D eigenvalue weighted by atomic mass is 10.1. The summed E-state index contributed by atoms with van der Waals surface area (Å²) < 4.78 is 5.04. The number of nitrogens with one attached hydrogen (secondary N) is 1. The van der Waals surface area contributed by atoms with Crippen LogP contribution in [0.15, 0.2) is 18.2 Å². The number of rotatable bonds is 6. The standard InChI is InChI=1S/C13H20N2O3S/c1-8(12(7-16)19-3)15-13(17)9-4-5-11(18-2)10(14)6-9/h4-6,8,12,16H,7,14H2,1-3H3,(H,15,17). The molecule has 1 aromatic carbocycles. The number of amides is 1. The Bertz CT molecular complexity index is 436. The fourth-order valence-corrected chi connectivity index (χ4v) is 2.32. The Morgan fingerprint density at radius 3 is 2.74 bits per heavy atom. The van der Waals surface area contributed by atoms with Crippen molar-refractivity contribution in [3.63, 3.8) is 0 Å². The lowest BCUT2D eigenvalue weighted by Crippen LogP contribution is -2.41. The van der Waals surface area contributed by atoms with Crippen molar-refractivity contribution in [2.75, 3.05) is 25.7 Å². The van der Waals surface area contributed by atoms with Crippen LogP contribution in [0, 0.1) is 0 Å². The number of benzene rings is 1. The topological polar surface area (TPSA) is 84.6 Å². The molecule has 0 bridgehead atoms. The first kappa shape index (κ1) is 15.7. The van der Waals surface area contributed by atoms with Gasteiger partial charge in [0.25, 0.3) is 5.91 Å². The fourth-order valence-electron chi connectivity index (χ4n) is 1.70. The maximum Gasteiger partial charge on any atom is 0.251 e. The molecule has 106 valence electrons. The quantitative estimate of drug-likeness (QED) is 0.682. The van der Waals surface area contributed by atoms with E-state index in [9.17, 15) is 9.90 Å². The van der Waals surface area contributed by atoms with Gasteiger partial charge in [0.2, 0.25) is 0 Å². The number of carbonyl (C=O) groups is 1. The van der Waals surface area contributed by atoms with Crippen LogP contribution in [0.5, 0.6) is 5.75 Å². The predicted molar refractivity (Wildman–Crippen MR) is 78.7 cm³/mol. The van der Waals surface area contributed by atoms with Crippen LogP contribution in [-0.2, 0) is 0 Å². The Hall–Kier alpha value is -1.40. The number of anilines is 1. The first-order chi connectivity index (χ1) is 9.03. The van der Waals surface area contributed by atoms with E-state index in [0.29, 0.717) is 17.0 Å². The van der Waals surface area contributed by atoms with Gasteiger partial charge < -0.3 is 20.9 Å². The van der Waals surface area contributed by atoms with Crippen molar-refractivity contribution < 1.29 is 14.6 Å². The third kappa shape index (κ3) is 4.04. The summed E-state index contributed by atoms with van der Waals surface area (Å²) in [4.78, 5) is 12.0. The van der Waals surface area contributed by atoms with Gasteiger partial charge in [-0.1, -0.05) is 0 Å². The van der Waals surface area contributed by atoms with Crippen LogP contribution in [0.3, 0.4) is 0 Å². The highest BCUT2D eigenvalue weighted by molar-refractivity contribution is 7.99. The fraction of sp³-hybridized carbons (Fsp3) is 0.462. The van der Waals surface area contributed by atoms with Crippen molar-refractivity contribution in [1.82, 2.24) is 5.32 Å². The highest BCUT2D eigenvalue weighted by Crippen LogP contribution is 2.22. The van der Waals surface area contributed by atoms with Crippen LogP contribution in [0.4, 0.5) is 5.69 Å². The third-order valence-corrected chi connectivity index (χ3v) is 4.05. The molecular formula is C13H20N2O3S. The molecule has 0 heterocycles. The molecule has 0 saturated carbocycles. The van der Waals surface area contributed by atoms with E-state index in [-0.39, 0.29) is 23.8 Å². The smallest absolute Gasteiger partial charge is 0.251 e. The summed E-state index contributed by atoms with van der Waals surface area (Å²) in [5, 5.41) is 12.0. The van der Waals surface area contributed by atoms with Gasteiger partial charge >= 0.3 is 0 Å². The highest BCUT2D eigenvalue weighted by Gasteiger charge is 2.18. The normalized spacial score (nSPS) is 13.7. The Morgan fingerprint density at radius 2 is 2.26 bits per heavy atom. The van der Waals surface area contributed by atoms with Crippen molar-refractivity contribution in [2.24, 2.45) is 0 Å². The minimum Gasteiger partial charge on any atom is -0.495 e. The Balaban J connectivity index is 2.75. The van der Waals surface area contributed by atoms with Crippen LogP contribution in [0.1, 0.15) is 17.3 Å². The molecule has 2 atom stereocenters. The lowest BCUT2D eigenvalue weighted by molar-refractivity contribution is 0.0936. The first-order valence-corrected chi connectivity index (χ1v) is 7.20. The van der Waals surface area contributed by atoms with Crippen LogP contribution in [0.2, 0.25) is 0 Å². The molecule has 0 aliphatic heterocycles. The number of carbonyl (C=O) groups excluding carboxylic acids is 1. The Morgan fingerprint density at radius 1 is 1.58 bits per heavy atom. The molecule has 0 spiro atoms. The van der Waals surface area contributed by atoms with E-state index in [1.807, 2.05) is 13.2 Å². The predicted octanol–water partition coefficient (Wildman–Crippen LogP) is 1.12. The van der Waals surface area contributed by atoms with Crippen molar-refractivity contribution in [2.45, 2.75) is 18.2 Å². The van der Waals surface area contributed by atoms with Crippen LogP contribution in [0.25, 0.3) is 0 Å². The largest absolute Gasteiger partial charge is 0.495 e. The van der Waals surface area contributed by atoms with Crippen molar-refractivity contribution >= 4 is 23.4 Å². The van der Waals surface area contributed by atoms with Gasteiger partial charge in [0.15, 0.2) is 0 Å². The van der Waals surface area contributed by atoms with E-state index in [1.54, 1.807) is 18.2 Å². The Labute approximate surface area is 117 Å². The summed E-state index contributed by atoms with van der Waals surface area (Å²) in [5.41, 5.74) is 6.66. The number of ether oxygens (including phenoxy) is 1. The molecule has 5 nitrogen and oxygen atoms in total. The van der Waals surface area contributed by atoms with Crippen LogP contribution in [-0.4, -0.2) is 42.3 Å². The van der Waals surface area contributed by atoms with Gasteiger partial charge in [0, 0.05) is 16.9 Å². The van der Waals surface area contributed by atoms with Gasteiger partial charge in [-0.3, -0.25) is 4.79 Å². The molecule has 6 heteroatoms. The van der Waals surface area contributed by atoms with Gasteiger partial charge in [-0.15, -0.1) is 0 Å². The molecular weight excluding hydrogens is 264 g/mol. The van der Waals surface area contributed by atoms with Crippen LogP contribution >= 0.6 is 11.8 Å². The van der Waals surface area contributed by atoms with E-state index in [0.717, 1.165) is 0 Å². The summed E-state index contributed by atoms with van der Waals surface area (Å²) in [5.74, 6) is 0.330. The van der Waals surface area contributed by atoms with E-state index >= 15 is 0 Å². The van der Waals surface area contributed by atoms with E-state index < -0.39 is 0 Å². The highest BCUT2D eigenvalue weighted by atomic mass is 32.2. The minimum absolute atomic E-state index is 0.0212. The third-order valence-electron chi connectivity index (χ3n) is 2.89. The van der Waals surface area contributed by atoms with Crippen LogP contribution < -0.4 is 15.8 Å². The second-order valence-electron chi connectivity index (χ2n) is 4.18. The van der Waals surface area contributed by atoms with Gasteiger partial charge in [0.05, 0.1) is 19.4 Å². The molecule has 0 saturated heterocycles. The average molecular weight is 284 g/mol. The lowest BCUT2D eigenvalue weighted by Gasteiger charge is -2.21. The number of thioether (sulfide) groups is 1. The monoisotopic (exact) mass is 284 g/mol. The maximum atomic E-state index is 12.0. The SMILES string of the molecule is COc1ccc(C(=O)NC(C)C(CO)SC)cc1N. The molecule has 1 rings (SSSR count). The number of aliphatic hydroxyl groups excluding tert-OH is 1. The van der Waals surface area contributed by atoms with Gasteiger partial charge in [-0.2, -0.15) is 11.8 Å². The molecule has 0 fully saturated rings. The molecule has 19 heavy (non-hydrogen) atoms. The molecule has 1 aromatic rings. The van der Waals surface area contributed by atoms with E-state index in [2.05, 4.69) is 5.32 Å². The van der Waals surface area contributed by atoms with E-state index in [1.165, 1.54) is 18.9 Å². The van der Waals surface area contributed by atoms with Gasteiger partial charge in [-0.25, -0.2) is 0 Å². The molecule has 2 unspecified atom stereocenters. The summed E-state index contributed by atoms with van der Waals surface area (Å²) in [6.07, 6.45) is 1.90. The molecule has 1 amide bonds. The first-order valence-electron chi connectivity index (χ1n) is 5.91. The number of nitrogens with two attached hydrogens (primary N) is 1. The number of hydrogen-bond acceptors (Lipinski definition) is 5. The van der Waals surface area contributed by atoms with Crippen molar-refractivity contribution in [1.29, 1.82) is 0 Å². The number of nitrogen functional groups attached to an aromatic ring is 1. The van der Waals surface area contributed by atoms with E-state index in [4.69, 9.17) is 10.5 Å². The minimum atomic E-state index is -0.214. The zero-order valence-electron chi connectivity index (χ0n) is 11.3. The zero-order valence-corrected chi connectivity index (χ0v) is 12.2. The number of hydrogen-bond donors (Lipinski definition) is 3. The average Bonchev–Trinajstić information content (AvgIpc) is 2.39.